The molecule has 1 aliphatic rings. The van der Waals surface area contributed by atoms with Crippen molar-refractivity contribution in [3.05, 3.63) is 41.7 Å². The van der Waals surface area contributed by atoms with E-state index in [9.17, 15) is 9.59 Å². The summed E-state index contributed by atoms with van der Waals surface area (Å²) in [6, 6.07) is 3.81. The monoisotopic (exact) mass is 216 g/mol. The highest BCUT2D eigenvalue weighted by atomic mass is 16.2. The molecule has 0 unspecified atom stereocenters. The molecule has 4 heteroatoms. The predicted molar refractivity (Wildman–Crippen MR) is 58.3 cm³/mol. The van der Waals surface area contributed by atoms with E-state index in [2.05, 4.69) is 4.98 Å². The Hall–Kier alpha value is -1.97. The first-order chi connectivity index (χ1) is 7.72. The summed E-state index contributed by atoms with van der Waals surface area (Å²) in [4.78, 5) is 28.2. The van der Waals surface area contributed by atoms with Crippen LogP contribution in [-0.4, -0.2) is 21.7 Å². The third-order valence-electron chi connectivity index (χ3n) is 2.57. The number of hydrogen-bond donors (Lipinski definition) is 0. The Balaban J connectivity index is 2.21. The lowest BCUT2D eigenvalue weighted by Crippen LogP contribution is -2.30. The minimum Gasteiger partial charge on any atom is -0.269 e. The predicted octanol–water partition coefficient (Wildman–Crippen LogP) is 1.07. The van der Waals surface area contributed by atoms with Crippen molar-refractivity contribution in [2.24, 2.45) is 0 Å². The van der Waals surface area contributed by atoms with Gasteiger partial charge in [-0.25, -0.2) is 0 Å². The van der Waals surface area contributed by atoms with E-state index < -0.39 is 0 Å². The van der Waals surface area contributed by atoms with Crippen molar-refractivity contribution in [1.82, 2.24) is 9.88 Å². The van der Waals surface area contributed by atoms with E-state index in [0.717, 1.165) is 17.7 Å². The molecule has 0 saturated heterocycles. The molecule has 82 valence electrons. The minimum atomic E-state index is -0.266. The maximum Gasteiger partial charge on any atom is 0.253 e. The van der Waals surface area contributed by atoms with Crippen molar-refractivity contribution in [2.45, 2.75) is 19.9 Å². The van der Waals surface area contributed by atoms with Crippen LogP contribution in [0.25, 0.3) is 0 Å². The van der Waals surface area contributed by atoms with E-state index in [1.807, 2.05) is 19.1 Å². The van der Waals surface area contributed by atoms with Crippen LogP contribution in [0.2, 0.25) is 0 Å². The Morgan fingerprint density at radius 2 is 1.94 bits per heavy atom. The van der Waals surface area contributed by atoms with Gasteiger partial charge in [0.2, 0.25) is 0 Å². The van der Waals surface area contributed by atoms with Gasteiger partial charge in [-0.3, -0.25) is 19.5 Å². The van der Waals surface area contributed by atoms with E-state index in [1.54, 1.807) is 6.20 Å². The van der Waals surface area contributed by atoms with Crippen molar-refractivity contribution in [3.8, 4) is 0 Å². The van der Waals surface area contributed by atoms with Gasteiger partial charge in [-0.1, -0.05) is 13.0 Å². The fourth-order valence-corrected chi connectivity index (χ4v) is 1.67. The van der Waals surface area contributed by atoms with Gasteiger partial charge >= 0.3 is 0 Å². The normalized spacial score (nSPS) is 14.9. The van der Waals surface area contributed by atoms with E-state index in [0.29, 0.717) is 0 Å². The van der Waals surface area contributed by atoms with Crippen molar-refractivity contribution in [3.63, 3.8) is 0 Å². The van der Waals surface area contributed by atoms with Crippen molar-refractivity contribution < 1.29 is 9.59 Å². The number of hydrogen-bond acceptors (Lipinski definition) is 3. The minimum absolute atomic E-state index is 0.259. The molecule has 0 spiro atoms. The zero-order valence-electron chi connectivity index (χ0n) is 9.01. The highest BCUT2D eigenvalue weighted by Gasteiger charge is 2.24. The number of aryl methyl sites for hydroxylation is 1. The van der Waals surface area contributed by atoms with Crippen LogP contribution < -0.4 is 0 Å². The standard InChI is InChI=1S/C12H12N2O2/c1-2-9-4-3-7-13-10(9)8-14-11(15)5-6-12(14)16/h3-7H,2,8H2,1H3. The number of amides is 2. The number of pyridine rings is 1. The SMILES string of the molecule is CCc1cccnc1CN1C(=O)C=CC1=O. The highest BCUT2D eigenvalue weighted by Crippen LogP contribution is 2.13. The van der Waals surface area contributed by atoms with Crippen molar-refractivity contribution >= 4 is 11.8 Å². The van der Waals surface area contributed by atoms with Gasteiger partial charge in [0.1, 0.15) is 0 Å². The average molecular weight is 216 g/mol. The molecule has 0 saturated carbocycles. The van der Waals surface area contributed by atoms with Crippen LogP contribution in [0.3, 0.4) is 0 Å². The summed E-state index contributed by atoms with van der Waals surface area (Å²) in [5, 5.41) is 0. The molecule has 2 heterocycles. The summed E-state index contributed by atoms with van der Waals surface area (Å²) in [5.41, 5.74) is 1.85. The average Bonchev–Trinajstić information content (AvgIpc) is 2.61. The van der Waals surface area contributed by atoms with Crippen LogP contribution in [0.1, 0.15) is 18.2 Å². The van der Waals surface area contributed by atoms with Gasteiger partial charge in [-0.2, -0.15) is 0 Å². The molecule has 16 heavy (non-hydrogen) atoms. The van der Waals surface area contributed by atoms with E-state index >= 15 is 0 Å². The molecule has 0 radical (unpaired) electrons. The molecule has 1 aliphatic heterocycles. The van der Waals surface area contributed by atoms with Gasteiger partial charge in [0.05, 0.1) is 12.2 Å². The van der Waals surface area contributed by atoms with Gasteiger partial charge in [0, 0.05) is 18.3 Å². The molecule has 1 aromatic rings. The van der Waals surface area contributed by atoms with E-state index in [4.69, 9.17) is 0 Å². The quantitative estimate of drug-likeness (QED) is 0.710. The Morgan fingerprint density at radius 3 is 2.56 bits per heavy atom. The summed E-state index contributed by atoms with van der Waals surface area (Å²) in [6.45, 7) is 2.28. The first-order valence-electron chi connectivity index (χ1n) is 5.18. The Kier molecular flexibility index (Phi) is 2.81. The second-order valence-corrected chi connectivity index (χ2v) is 3.56. The van der Waals surface area contributed by atoms with E-state index in [1.165, 1.54) is 17.1 Å². The van der Waals surface area contributed by atoms with Crippen LogP contribution >= 0.6 is 0 Å². The number of aromatic nitrogens is 1. The van der Waals surface area contributed by atoms with Crippen molar-refractivity contribution in [2.75, 3.05) is 0 Å². The lowest BCUT2D eigenvalue weighted by atomic mass is 10.1. The van der Waals surface area contributed by atoms with Crippen LogP contribution in [-0.2, 0) is 22.6 Å². The van der Waals surface area contributed by atoms with Crippen LogP contribution in [0.5, 0.6) is 0 Å². The maximum absolute atomic E-state index is 11.4. The number of rotatable bonds is 3. The first-order valence-corrected chi connectivity index (χ1v) is 5.18. The molecular weight excluding hydrogens is 204 g/mol. The summed E-state index contributed by atoms with van der Waals surface area (Å²) < 4.78 is 0. The zero-order valence-corrected chi connectivity index (χ0v) is 9.01. The summed E-state index contributed by atoms with van der Waals surface area (Å²) in [7, 11) is 0. The fraction of sp³-hybridized carbons (Fsp3) is 0.250. The number of carbonyl (C=O) groups excluding carboxylic acids is 2. The van der Waals surface area contributed by atoms with E-state index in [-0.39, 0.29) is 18.4 Å². The molecule has 0 aromatic carbocycles. The largest absolute Gasteiger partial charge is 0.269 e. The van der Waals surface area contributed by atoms with Crippen LogP contribution in [0, 0.1) is 0 Å². The fourth-order valence-electron chi connectivity index (χ4n) is 1.67. The summed E-state index contributed by atoms with van der Waals surface area (Å²) in [5.74, 6) is -0.532. The smallest absolute Gasteiger partial charge is 0.253 e. The van der Waals surface area contributed by atoms with Gasteiger partial charge in [-0.15, -0.1) is 0 Å². The van der Waals surface area contributed by atoms with Crippen LogP contribution in [0.4, 0.5) is 0 Å². The third-order valence-corrected chi connectivity index (χ3v) is 2.57. The van der Waals surface area contributed by atoms with Gasteiger partial charge in [-0.05, 0) is 18.1 Å². The molecule has 0 aliphatic carbocycles. The summed E-state index contributed by atoms with van der Waals surface area (Å²) >= 11 is 0. The van der Waals surface area contributed by atoms with Crippen molar-refractivity contribution in [1.29, 1.82) is 0 Å². The number of carbonyl (C=O) groups is 2. The molecule has 0 N–H and O–H groups in total. The van der Waals surface area contributed by atoms with Gasteiger partial charge in [0.25, 0.3) is 11.8 Å². The van der Waals surface area contributed by atoms with Gasteiger partial charge < -0.3 is 0 Å². The van der Waals surface area contributed by atoms with Gasteiger partial charge in [0.15, 0.2) is 0 Å². The Bertz CT molecular complexity index is 448. The highest BCUT2D eigenvalue weighted by molar-refractivity contribution is 6.12. The molecule has 2 rings (SSSR count). The molecule has 2 amide bonds. The molecule has 4 nitrogen and oxygen atoms in total. The zero-order chi connectivity index (χ0) is 11.5. The second kappa shape index (κ2) is 4.26. The molecule has 0 fully saturated rings. The number of imide groups is 1. The Morgan fingerprint density at radius 1 is 1.25 bits per heavy atom. The molecule has 1 aromatic heterocycles. The maximum atomic E-state index is 11.4. The molecule has 0 bridgehead atoms. The molecular formula is C12H12N2O2. The topological polar surface area (TPSA) is 50.3 Å². The summed E-state index contributed by atoms with van der Waals surface area (Å²) in [6.07, 6.45) is 5.09. The third kappa shape index (κ3) is 1.86. The number of nitrogens with zero attached hydrogens (tertiary/aromatic N) is 2. The first kappa shape index (κ1) is 10.5. The lowest BCUT2D eigenvalue weighted by Gasteiger charge is -2.14. The van der Waals surface area contributed by atoms with Crippen LogP contribution in [0.15, 0.2) is 30.5 Å². The second-order valence-electron chi connectivity index (χ2n) is 3.56. The Labute approximate surface area is 93.6 Å². The molecule has 0 atom stereocenters. The lowest BCUT2D eigenvalue weighted by molar-refractivity contribution is -0.137.